The first-order valence-corrected chi connectivity index (χ1v) is 9.04. The van der Waals surface area contributed by atoms with Crippen molar-refractivity contribution >= 4 is 23.5 Å². The molecule has 2 aromatic rings. The molecule has 0 atom stereocenters. The summed E-state index contributed by atoms with van der Waals surface area (Å²) in [6, 6.07) is 8.12. The second-order valence-electron chi connectivity index (χ2n) is 6.85. The number of benzene rings is 1. The van der Waals surface area contributed by atoms with E-state index in [1.165, 1.54) is 11.1 Å². The molecule has 2 heterocycles. The summed E-state index contributed by atoms with van der Waals surface area (Å²) in [6.07, 6.45) is 0. The first-order chi connectivity index (χ1) is 12.9. The molecule has 0 spiro atoms. The van der Waals surface area contributed by atoms with Gasteiger partial charge in [0.25, 0.3) is 0 Å². The van der Waals surface area contributed by atoms with Crippen molar-refractivity contribution in [2.45, 2.75) is 20.4 Å². The molecule has 0 radical (unpaired) electrons. The molecule has 0 bridgehead atoms. The Balaban J connectivity index is 1.68. The average molecular weight is 370 g/mol. The number of nitrogen functional groups attached to an aromatic ring is 1. The minimum atomic E-state index is -0.00512. The third-order valence-corrected chi connectivity index (χ3v) is 4.45. The highest BCUT2D eigenvalue weighted by Gasteiger charge is 2.25. The van der Waals surface area contributed by atoms with Crippen LogP contribution >= 0.6 is 0 Å². The normalized spacial score (nSPS) is 14.6. The molecule has 1 saturated heterocycles. The van der Waals surface area contributed by atoms with Crippen LogP contribution in [-0.4, -0.2) is 58.7 Å². The van der Waals surface area contributed by atoms with Gasteiger partial charge in [0.05, 0.1) is 13.2 Å². The fraction of sp³-hybridized carbons (Fsp3) is 0.421. The molecule has 0 aliphatic carbocycles. The fourth-order valence-corrected chi connectivity index (χ4v) is 3.34. The van der Waals surface area contributed by atoms with Crippen molar-refractivity contribution < 1.29 is 9.90 Å². The third kappa shape index (κ3) is 4.85. The van der Waals surface area contributed by atoms with Crippen LogP contribution in [0.2, 0.25) is 0 Å². The van der Waals surface area contributed by atoms with Crippen LogP contribution in [0, 0.1) is 13.8 Å². The number of aromatic nitrogens is 2. The number of anilines is 3. The molecule has 144 valence electrons. The maximum atomic E-state index is 12.7. The van der Waals surface area contributed by atoms with Crippen LogP contribution in [0.1, 0.15) is 16.7 Å². The lowest BCUT2D eigenvalue weighted by Crippen LogP contribution is -2.50. The maximum absolute atomic E-state index is 12.7. The zero-order valence-electron chi connectivity index (χ0n) is 15.8. The van der Waals surface area contributed by atoms with Gasteiger partial charge in [-0.2, -0.15) is 9.97 Å². The molecule has 3 rings (SSSR count). The second kappa shape index (κ2) is 8.22. The number of piperazine rings is 1. The Kier molecular flexibility index (Phi) is 5.75. The standard InChI is InChI=1S/C19H26N6O2/c1-13-7-14(2)9-15(8-13)11-25-5-4-24(12-18(25)27)17-10-16(21-3-6-26)22-19(20)23-17/h7-10,26H,3-6,11-12H2,1-2H3,(H3,20,21,22,23). The van der Waals surface area contributed by atoms with Crippen LogP contribution in [-0.2, 0) is 11.3 Å². The molecule has 1 aromatic carbocycles. The monoisotopic (exact) mass is 370 g/mol. The van der Waals surface area contributed by atoms with Gasteiger partial charge in [0.15, 0.2) is 0 Å². The van der Waals surface area contributed by atoms with Gasteiger partial charge in [-0.15, -0.1) is 0 Å². The molecule has 1 amide bonds. The molecule has 4 N–H and O–H groups in total. The van der Waals surface area contributed by atoms with E-state index >= 15 is 0 Å². The lowest BCUT2D eigenvalue weighted by atomic mass is 10.1. The highest BCUT2D eigenvalue weighted by atomic mass is 16.3. The summed E-state index contributed by atoms with van der Waals surface area (Å²) in [5.74, 6) is 1.35. The molecule has 1 fully saturated rings. The van der Waals surface area contributed by atoms with Crippen LogP contribution in [0.3, 0.4) is 0 Å². The third-order valence-electron chi connectivity index (χ3n) is 4.45. The molecule has 1 aromatic heterocycles. The largest absolute Gasteiger partial charge is 0.395 e. The van der Waals surface area contributed by atoms with Gasteiger partial charge >= 0.3 is 0 Å². The van der Waals surface area contributed by atoms with Crippen molar-refractivity contribution in [3.05, 3.63) is 41.0 Å². The highest BCUT2D eigenvalue weighted by Crippen LogP contribution is 2.20. The van der Waals surface area contributed by atoms with Gasteiger partial charge in [0, 0.05) is 32.2 Å². The van der Waals surface area contributed by atoms with Crippen molar-refractivity contribution in [3.8, 4) is 0 Å². The number of nitrogens with one attached hydrogen (secondary N) is 1. The van der Waals surface area contributed by atoms with Crippen molar-refractivity contribution in [3.63, 3.8) is 0 Å². The van der Waals surface area contributed by atoms with Crippen LogP contribution in [0.4, 0.5) is 17.6 Å². The number of aliphatic hydroxyl groups is 1. The number of rotatable bonds is 6. The van der Waals surface area contributed by atoms with Crippen molar-refractivity contribution in [1.82, 2.24) is 14.9 Å². The number of nitrogens with two attached hydrogens (primary N) is 1. The molecule has 0 saturated carbocycles. The van der Waals surface area contributed by atoms with E-state index in [1.807, 2.05) is 9.80 Å². The van der Waals surface area contributed by atoms with Crippen molar-refractivity contribution in [1.29, 1.82) is 0 Å². The van der Waals surface area contributed by atoms with Crippen LogP contribution in [0.15, 0.2) is 24.3 Å². The summed E-state index contributed by atoms with van der Waals surface area (Å²) in [5, 5.41) is 11.9. The van der Waals surface area contributed by atoms with E-state index in [-0.39, 0.29) is 25.0 Å². The van der Waals surface area contributed by atoms with Gasteiger partial charge in [0.2, 0.25) is 11.9 Å². The number of aliphatic hydroxyl groups excluding tert-OH is 1. The first-order valence-electron chi connectivity index (χ1n) is 9.04. The number of hydrogen-bond acceptors (Lipinski definition) is 7. The zero-order valence-corrected chi connectivity index (χ0v) is 15.8. The summed E-state index contributed by atoms with van der Waals surface area (Å²) in [7, 11) is 0. The Hall–Kier alpha value is -2.87. The second-order valence-corrected chi connectivity index (χ2v) is 6.85. The van der Waals surface area contributed by atoms with Crippen LogP contribution in [0.5, 0.6) is 0 Å². The van der Waals surface area contributed by atoms with Crippen LogP contribution < -0.4 is 16.0 Å². The van der Waals surface area contributed by atoms with E-state index in [0.717, 1.165) is 5.56 Å². The zero-order chi connectivity index (χ0) is 19.4. The van der Waals surface area contributed by atoms with E-state index in [4.69, 9.17) is 10.8 Å². The van der Waals surface area contributed by atoms with Gasteiger partial charge < -0.3 is 26.0 Å². The highest BCUT2D eigenvalue weighted by molar-refractivity contribution is 5.82. The number of carbonyl (C=O) groups is 1. The predicted molar refractivity (Wildman–Crippen MR) is 106 cm³/mol. The summed E-state index contributed by atoms with van der Waals surface area (Å²) >= 11 is 0. The quantitative estimate of drug-likeness (QED) is 0.694. The molecule has 0 unspecified atom stereocenters. The number of aryl methyl sites for hydroxylation is 2. The van der Waals surface area contributed by atoms with Crippen LogP contribution in [0.25, 0.3) is 0 Å². The first kappa shape index (κ1) is 18.9. The average Bonchev–Trinajstić information content (AvgIpc) is 2.60. The molecule has 1 aliphatic heterocycles. The Morgan fingerprint density at radius 1 is 1.15 bits per heavy atom. The molecule has 8 nitrogen and oxygen atoms in total. The van der Waals surface area contributed by atoms with Gasteiger partial charge in [-0.05, 0) is 19.4 Å². The van der Waals surface area contributed by atoms with Gasteiger partial charge in [-0.3, -0.25) is 4.79 Å². The Labute approximate surface area is 159 Å². The number of amides is 1. The predicted octanol–water partition coefficient (Wildman–Crippen LogP) is 0.929. The maximum Gasteiger partial charge on any atom is 0.242 e. The Bertz CT molecular complexity index is 806. The van der Waals surface area contributed by atoms with Crippen molar-refractivity contribution in [2.24, 2.45) is 0 Å². The molecule has 1 aliphatic rings. The van der Waals surface area contributed by atoms with Gasteiger partial charge in [-0.25, -0.2) is 0 Å². The smallest absolute Gasteiger partial charge is 0.242 e. The number of carbonyl (C=O) groups excluding carboxylic acids is 1. The van der Waals surface area contributed by atoms with E-state index < -0.39 is 0 Å². The molecule has 27 heavy (non-hydrogen) atoms. The lowest BCUT2D eigenvalue weighted by Gasteiger charge is -2.35. The van der Waals surface area contributed by atoms with Crippen molar-refractivity contribution in [2.75, 3.05) is 48.7 Å². The van der Waals surface area contributed by atoms with Gasteiger partial charge in [0.1, 0.15) is 11.6 Å². The molecule has 8 heteroatoms. The minimum Gasteiger partial charge on any atom is -0.395 e. The Morgan fingerprint density at radius 2 is 1.89 bits per heavy atom. The van der Waals surface area contributed by atoms with E-state index in [9.17, 15) is 4.79 Å². The number of hydrogen-bond donors (Lipinski definition) is 3. The number of nitrogens with zero attached hydrogens (tertiary/aromatic N) is 4. The minimum absolute atomic E-state index is 0.00512. The summed E-state index contributed by atoms with van der Waals surface area (Å²) in [4.78, 5) is 24.8. The Morgan fingerprint density at radius 3 is 2.56 bits per heavy atom. The van der Waals surface area contributed by atoms with Gasteiger partial charge in [-0.1, -0.05) is 29.3 Å². The summed E-state index contributed by atoms with van der Waals surface area (Å²) in [5.41, 5.74) is 9.34. The lowest BCUT2D eigenvalue weighted by molar-refractivity contribution is -0.131. The topological polar surface area (TPSA) is 108 Å². The fourth-order valence-electron chi connectivity index (χ4n) is 3.34. The van der Waals surface area contributed by atoms with E-state index in [0.29, 0.717) is 37.8 Å². The van der Waals surface area contributed by atoms with E-state index in [2.05, 4.69) is 47.3 Å². The molecular weight excluding hydrogens is 344 g/mol. The summed E-state index contributed by atoms with van der Waals surface area (Å²) in [6.45, 7) is 6.66. The summed E-state index contributed by atoms with van der Waals surface area (Å²) < 4.78 is 0. The SMILES string of the molecule is Cc1cc(C)cc(CN2CCN(c3cc(NCCO)nc(N)n3)CC2=O)c1. The molecular formula is C19H26N6O2. The van der Waals surface area contributed by atoms with E-state index in [1.54, 1.807) is 6.07 Å².